The van der Waals surface area contributed by atoms with Crippen molar-refractivity contribution in [3.05, 3.63) is 17.5 Å². The summed E-state index contributed by atoms with van der Waals surface area (Å²) in [5, 5.41) is 8.27. The van der Waals surface area contributed by atoms with Gasteiger partial charge >= 0.3 is 0 Å². The van der Waals surface area contributed by atoms with Gasteiger partial charge in [-0.15, -0.1) is 0 Å². The number of hydrogen-bond donors (Lipinski definition) is 1. The normalized spacial score (nSPS) is 14.9. The topological polar surface area (TPSA) is 29.9 Å². The van der Waals surface area contributed by atoms with E-state index in [0.29, 0.717) is 17.9 Å². The smallest absolute Gasteiger partial charge is 0.0596 e. The van der Waals surface area contributed by atoms with Crippen molar-refractivity contribution in [3.8, 4) is 0 Å². The zero-order valence-electron chi connectivity index (χ0n) is 13.5. The van der Waals surface area contributed by atoms with Crippen LogP contribution in [-0.4, -0.2) is 22.4 Å². The molecular formula is C16H31N3. The largest absolute Gasteiger partial charge is 0.313 e. The molecule has 1 aromatic heterocycles. The third-order valence-electron chi connectivity index (χ3n) is 4.06. The van der Waals surface area contributed by atoms with Gasteiger partial charge in [0.05, 0.1) is 5.69 Å². The maximum Gasteiger partial charge on any atom is 0.0596 e. The number of nitrogens with zero attached hydrogens (tertiary/aromatic N) is 2. The molecule has 0 amide bonds. The maximum absolute atomic E-state index is 4.56. The van der Waals surface area contributed by atoms with Crippen molar-refractivity contribution >= 4 is 0 Å². The molecule has 2 atom stereocenters. The van der Waals surface area contributed by atoms with Crippen LogP contribution in [0.4, 0.5) is 0 Å². The Morgan fingerprint density at radius 3 is 2.47 bits per heavy atom. The standard InChI is InChI=1S/C16H31N3/c1-7-9-17-16(14(6)12(3)4)11-15-10-13(5)18-19(15)8-2/h10,12,14,16-17H,7-9,11H2,1-6H3. The Balaban J connectivity index is 2.80. The van der Waals surface area contributed by atoms with E-state index in [0.717, 1.165) is 25.2 Å². The Bertz CT molecular complexity index is 368. The molecule has 0 aliphatic rings. The Hall–Kier alpha value is -0.830. The van der Waals surface area contributed by atoms with Crippen molar-refractivity contribution in [3.63, 3.8) is 0 Å². The molecule has 3 nitrogen and oxygen atoms in total. The molecule has 0 fully saturated rings. The number of nitrogens with one attached hydrogen (secondary N) is 1. The van der Waals surface area contributed by atoms with E-state index in [2.05, 4.69) is 62.7 Å². The molecule has 0 bridgehead atoms. The third kappa shape index (κ3) is 4.64. The first-order valence-electron chi connectivity index (χ1n) is 7.76. The van der Waals surface area contributed by atoms with E-state index in [1.807, 2.05) is 0 Å². The molecule has 0 aliphatic heterocycles. The lowest BCUT2D eigenvalue weighted by molar-refractivity contribution is 0.293. The van der Waals surface area contributed by atoms with Crippen LogP contribution in [0.1, 0.15) is 52.4 Å². The average Bonchev–Trinajstić information content (AvgIpc) is 2.73. The number of aryl methyl sites for hydroxylation is 2. The van der Waals surface area contributed by atoms with Gasteiger partial charge in [-0.3, -0.25) is 4.68 Å². The summed E-state index contributed by atoms with van der Waals surface area (Å²) in [4.78, 5) is 0. The molecule has 3 heteroatoms. The highest BCUT2D eigenvalue weighted by Crippen LogP contribution is 2.19. The van der Waals surface area contributed by atoms with Gasteiger partial charge in [0.2, 0.25) is 0 Å². The van der Waals surface area contributed by atoms with Gasteiger partial charge in [-0.1, -0.05) is 27.7 Å². The van der Waals surface area contributed by atoms with Crippen LogP contribution < -0.4 is 5.32 Å². The van der Waals surface area contributed by atoms with Crippen molar-refractivity contribution in [2.75, 3.05) is 6.54 Å². The summed E-state index contributed by atoms with van der Waals surface area (Å²) in [5.74, 6) is 1.38. The summed E-state index contributed by atoms with van der Waals surface area (Å²) in [6.07, 6.45) is 2.27. The lowest BCUT2D eigenvalue weighted by Crippen LogP contribution is -2.40. The first-order chi connectivity index (χ1) is 8.99. The highest BCUT2D eigenvalue weighted by Gasteiger charge is 2.21. The van der Waals surface area contributed by atoms with Gasteiger partial charge in [0, 0.05) is 24.7 Å². The van der Waals surface area contributed by atoms with Crippen LogP contribution in [0.2, 0.25) is 0 Å². The monoisotopic (exact) mass is 265 g/mol. The van der Waals surface area contributed by atoms with Crippen molar-refractivity contribution in [1.82, 2.24) is 15.1 Å². The quantitative estimate of drug-likeness (QED) is 0.780. The summed E-state index contributed by atoms with van der Waals surface area (Å²) < 4.78 is 2.14. The van der Waals surface area contributed by atoms with Crippen molar-refractivity contribution in [1.29, 1.82) is 0 Å². The number of hydrogen-bond acceptors (Lipinski definition) is 2. The lowest BCUT2D eigenvalue weighted by atomic mass is 9.87. The van der Waals surface area contributed by atoms with Crippen molar-refractivity contribution in [2.45, 2.75) is 67.0 Å². The fraction of sp³-hybridized carbons (Fsp3) is 0.812. The molecule has 1 rings (SSSR count). The minimum Gasteiger partial charge on any atom is -0.313 e. The lowest BCUT2D eigenvalue weighted by Gasteiger charge is -2.28. The molecule has 110 valence electrons. The second kappa shape index (κ2) is 7.68. The van der Waals surface area contributed by atoms with Crippen LogP contribution >= 0.6 is 0 Å². The second-order valence-electron chi connectivity index (χ2n) is 5.96. The van der Waals surface area contributed by atoms with E-state index in [4.69, 9.17) is 0 Å². The number of aromatic nitrogens is 2. The Labute approximate surface area is 118 Å². The third-order valence-corrected chi connectivity index (χ3v) is 4.06. The van der Waals surface area contributed by atoms with Crippen molar-refractivity contribution in [2.24, 2.45) is 11.8 Å². The minimum atomic E-state index is 0.543. The molecule has 0 aliphatic carbocycles. The fourth-order valence-corrected chi connectivity index (χ4v) is 2.50. The Morgan fingerprint density at radius 2 is 1.95 bits per heavy atom. The minimum absolute atomic E-state index is 0.543. The van der Waals surface area contributed by atoms with E-state index < -0.39 is 0 Å². The van der Waals surface area contributed by atoms with E-state index in [9.17, 15) is 0 Å². The van der Waals surface area contributed by atoms with Crippen LogP contribution in [0.25, 0.3) is 0 Å². The molecular weight excluding hydrogens is 234 g/mol. The summed E-state index contributed by atoms with van der Waals surface area (Å²) >= 11 is 0. The van der Waals surface area contributed by atoms with Crippen LogP contribution in [0.15, 0.2) is 6.07 Å². The SMILES string of the molecule is CCCNC(Cc1cc(C)nn1CC)C(C)C(C)C. The van der Waals surface area contributed by atoms with Crippen LogP contribution in [0.3, 0.4) is 0 Å². The molecule has 1 heterocycles. The Morgan fingerprint density at radius 1 is 1.26 bits per heavy atom. The first kappa shape index (κ1) is 16.2. The van der Waals surface area contributed by atoms with Crippen LogP contribution in [0, 0.1) is 18.8 Å². The number of rotatable bonds is 8. The maximum atomic E-state index is 4.56. The predicted molar refractivity (Wildman–Crippen MR) is 82.4 cm³/mol. The van der Waals surface area contributed by atoms with Gasteiger partial charge in [0.1, 0.15) is 0 Å². The zero-order valence-corrected chi connectivity index (χ0v) is 13.5. The van der Waals surface area contributed by atoms with Crippen LogP contribution in [0.5, 0.6) is 0 Å². The summed E-state index contributed by atoms with van der Waals surface area (Å²) in [6.45, 7) is 15.5. The molecule has 0 saturated carbocycles. The van der Waals surface area contributed by atoms with Gasteiger partial charge in [-0.2, -0.15) is 5.10 Å². The molecule has 0 saturated heterocycles. The average molecular weight is 265 g/mol. The van der Waals surface area contributed by atoms with Crippen LogP contribution in [-0.2, 0) is 13.0 Å². The molecule has 1 aromatic rings. The second-order valence-corrected chi connectivity index (χ2v) is 5.96. The molecule has 1 N–H and O–H groups in total. The highest BCUT2D eigenvalue weighted by molar-refractivity contribution is 5.11. The van der Waals surface area contributed by atoms with Gasteiger partial charge < -0.3 is 5.32 Å². The van der Waals surface area contributed by atoms with E-state index >= 15 is 0 Å². The van der Waals surface area contributed by atoms with Crippen molar-refractivity contribution < 1.29 is 0 Å². The fourth-order valence-electron chi connectivity index (χ4n) is 2.50. The first-order valence-corrected chi connectivity index (χ1v) is 7.76. The zero-order chi connectivity index (χ0) is 14.4. The summed E-state index contributed by atoms with van der Waals surface area (Å²) in [6, 6.07) is 2.78. The van der Waals surface area contributed by atoms with Gasteiger partial charge in [0.25, 0.3) is 0 Å². The molecule has 0 aromatic carbocycles. The van der Waals surface area contributed by atoms with E-state index in [1.165, 1.54) is 12.1 Å². The van der Waals surface area contributed by atoms with E-state index in [-0.39, 0.29) is 0 Å². The highest BCUT2D eigenvalue weighted by atomic mass is 15.3. The van der Waals surface area contributed by atoms with Gasteiger partial charge in [-0.25, -0.2) is 0 Å². The van der Waals surface area contributed by atoms with E-state index in [1.54, 1.807) is 0 Å². The summed E-state index contributed by atoms with van der Waals surface area (Å²) in [5.41, 5.74) is 2.49. The molecule has 0 spiro atoms. The van der Waals surface area contributed by atoms with Gasteiger partial charge in [0.15, 0.2) is 0 Å². The summed E-state index contributed by atoms with van der Waals surface area (Å²) in [7, 11) is 0. The van der Waals surface area contributed by atoms with Gasteiger partial charge in [-0.05, 0) is 44.7 Å². The molecule has 2 unspecified atom stereocenters. The molecule has 0 radical (unpaired) electrons. The molecule has 19 heavy (non-hydrogen) atoms. The predicted octanol–water partition coefficient (Wildman–Crippen LogP) is 3.41. The Kier molecular flexibility index (Phi) is 6.56.